The molecule has 4 N–H and O–H groups in total. The fourth-order valence-electron chi connectivity index (χ4n) is 8.62. The van der Waals surface area contributed by atoms with Crippen molar-refractivity contribution in [2.75, 3.05) is 19.8 Å². The van der Waals surface area contributed by atoms with Crippen LogP contribution in [0.2, 0.25) is 0 Å². The van der Waals surface area contributed by atoms with E-state index in [0.717, 1.165) is 0 Å². The van der Waals surface area contributed by atoms with Crippen molar-refractivity contribution in [2.45, 2.75) is 75.5 Å². The second-order valence-corrected chi connectivity index (χ2v) is 13.9. The number of carbonyl (C=O) groups excluding carboxylic acids is 4. The number of fused-ring (bicyclic) bond motifs is 5. The lowest BCUT2D eigenvalue weighted by Gasteiger charge is -2.61. The average Bonchev–Trinajstić information content (AvgIpc) is 3.27. The minimum absolute atomic E-state index is 0.00577. The third-order valence-corrected chi connectivity index (χ3v) is 11.2. The molecule has 4 aliphatic carbocycles. The van der Waals surface area contributed by atoms with Crippen LogP contribution < -0.4 is 10.1 Å². The summed E-state index contributed by atoms with van der Waals surface area (Å²) in [5.74, 6) is -4.18. The normalized spacial score (nSPS) is 33.7. The van der Waals surface area contributed by atoms with E-state index in [4.69, 9.17) is 9.47 Å². The zero-order valence-electron chi connectivity index (χ0n) is 28.1. The fraction of sp³-hybridized carbons (Fsp3) is 0.576. The molecule has 1 unspecified atom stereocenters. The molecule has 0 bridgehead atoms. The van der Waals surface area contributed by atoms with Gasteiger partial charge in [-0.1, -0.05) is 36.8 Å². The number of nitrogens with zero attached hydrogens (tertiary/aromatic N) is 2. The number of nitrogens with one attached hydrogen (secondary N) is 1. The quantitative estimate of drug-likeness (QED) is 0.0962. The van der Waals surface area contributed by atoms with E-state index in [2.05, 4.69) is 15.0 Å². The molecular weight excluding hydrogens is 697 g/mol. The van der Waals surface area contributed by atoms with Crippen molar-refractivity contribution in [1.29, 1.82) is 0 Å². The van der Waals surface area contributed by atoms with Gasteiger partial charge in [-0.3, -0.25) is 14.4 Å². The van der Waals surface area contributed by atoms with Gasteiger partial charge in [-0.05, 0) is 55.9 Å². The van der Waals surface area contributed by atoms with E-state index in [1.807, 2.05) is 0 Å². The first-order valence-electron chi connectivity index (χ1n) is 16.4. The van der Waals surface area contributed by atoms with Gasteiger partial charge in [0, 0.05) is 29.6 Å². The highest BCUT2D eigenvalue weighted by Gasteiger charge is 2.76. The van der Waals surface area contributed by atoms with Gasteiger partial charge in [-0.25, -0.2) is 9.18 Å². The number of hydrogen-bond donors (Lipinski definition) is 4. The smallest absolute Gasteiger partial charge is 0.413 e. The first kappa shape index (κ1) is 38.2. The molecule has 19 heteroatoms. The van der Waals surface area contributed by atoms with Crippen molar-refractivity contribution in [3.8, 4) is 5.75 Å². The number of aliphatic hydroxyl groups is 3. The number of halogens is 1. The Labute approximate surface area is 294 Å². The Morgan fingerprint density at radius 3 is 2.54 bits per heavy atom. The molecule has 1 aromatic rings. The summed E-state index contributed by atoms with van der Waals surface area (Å²) >= 11 is 0. The summed E-state index contributed by atoms with van der Waals surface area (Å²) in [6.45, 7) is 0.532. The number of hydrogen-bond acceptors (Lipinski definition) is 15. The fourth-order valence-corrected chi connectivity index (χ4v) is 8.62. The van der Waals surface area contributed by atoms with Crippen LogP contribution in [0.3, 0.4) is 0 Å². The van der Waals surface area contributed by atoms with E-state index in [1.54, 1.807) is 13.0 Å². The first-order valence-corrected chi connectivity index (χ1v) is 16.4. The standard InChI is InChI=1S/C33H38FN3O15/c1-30-9-8-20(38)12-19(30)6-7-23-24-13-25(39)33(44,31(24,2)14-26(40)32(23,30)34)27(41)17-49-28(42)15-35-29(43)51-21-5-3-4-18(10-21)11-22(52-37(47)48)16-50-36(45)46/h3-6,8-10,22-26,39-40,44H,7,11-17H2,1-2H3,(H,35,43)/t22?,23-,24-,25+,26-,30-,31-,32-,33-/m0/s1. The number of ether oxygens (including phenoxy) is 2. The van der Waals surface area contributed by atoms with E-state index < -0.39 is 106 Å². The number of Topliss-reactive ketones (excluding diaryl/α,β-unsaturated/α-hetero) is 1. The van der Waals surface area contributed by atoms with Crippen LogP contribution in [0.15, 0.2) is 48.1 Å². The van der Waals surface area contributed by atoms with Crippen LogP contribution in [0.5, 0.6) is 5.75 Å². The molecule has 52 heavy (non-hydrogen) atoms. The molecule has 2 fully saturated rings. The summed E-state index contributed by atoms with van der Waals surface area (Å²) in [5, 5.41) is 55.3. The largest absolute Gasteiger partial charge is 0.456 e. The predicted molar refractivity (Wildman–Crippen MR) is 170 cm³/mol. The molecule has 1 amide bonds. The molecule has 4 aliphatic rings. The molecule has 2 saturated carbocycles. The highest BCUT2D eigenvalue weighted by Crippen LogP contribution is 2.69. The Morgan fingerprint density at radius 2 is 1.85 bits per heavy atom. The number of ketones is 2. The van der Waals surface area contributed by atoms with Crippen LogP contribution in [-0.2, 0) is 35.2 Å². The number of rotatable bonds is 13. The number of amides is 1. The molecule has 9 atom stereocenters. The van der Waals surface area contributed by atoms with Crippen LogP contribution >= 0.6 is 0 Å². The van der Waals surface area contributed by atoms with Gasteiger partial charge in [0.05, 0.1) is 12.2 Å². The molecule has 282 valence electrons. The van der Waals surface area contributed by atoms with Crippen LogP contribution in [0, 0.1) is 42.9 Å². The van der Waals surface area contributed by atoms with Crippen molar-refractivity contribution in [2.24, 2.45) is 22.7 Å². The number of benzene rings is 1. The molecule has 18 nitrogen and oxygen atoms in total. The lowest BCUT2D eigenvalue weighted by molar-refractivity contribution is -0.789. The Balaban J connectivity index is 1.17. The molecule has 5 rings (SSSR count). The van der Waals surface area contributed by atoms with Gasteiger partial charge in [0.1, 0.15) is 25.0 Å². The molecule has 0 aromatic heterocycles. The summed E-state index contributed by atoms with van der Waals surface area (Å²) < 4.78 is 27.4. The number of carbonyl (C=O) groups is 4. The summed E-state index contributed by atoms with van der Waals surface area (Å²) in [6, 6.07) is 5.51. The number of aliphatic hydroxyl groups excluding tert-OH is 2. The van der Waals surface area contributed by atoms with Crippen LogP contribution in [0.4, 0.5) is 9.18 Å². The SMILES string of the molecule is C[C@]12C=CC(=O)CC1=CC[C@H]1[C@@H]3C[C@@H](O)[C@](O)(C(=O)COC(=O)CNC(=O)Oc4cccc(CC(CO[N+](=O)[O-])O[N+](=O)[O-])c4)[C@@]3(C)C[C@H](O)[C@@]12F. The number of allylic oxidation sites excluding steroid dienone is 4. The zero-order chi connectivity index (χ0) is 38.2. The Hall–Kier alpha value is -5.01. The van der Waals surface area contributed by atoms with Crippen LogP contribution in [-0.4, -0.2) is 98.5 Å². The number of alkyl halides is 1. The average molecular weight is 736 g/mol. The third-order valence-electron chi connectivity index (χ3n) is 11.2. The minimum atomic E-state index is -2.53. The van der Waals surface area contributed by atoms with Crippen LogP contribution in [0.25, 0.3) is 0 Å². The maximum absolute atomic E-state index is 17.3. The predicted octanol–water partition coefficient (Wildman–Crippen LogP) is 1.29. The van der Waals surface area contributed by atoms with Gasteiger partial charge in [0.2, 0.25) is 5.78 Å². The van der Waals surface area contributed by atoms with E-state index in [1.165, 1.54) is 43.3 Å². The van der Waals surface area contributed by atoms with Crippen LogP contribution in [0.1, 0.15) is 45.1 Å². The molecule has 0 radical (unpaired) electrons. The highest BCUT2D eigenvalue weighted by atomic mass is 19.1. The first-order chi connectivity index (χ1) is 24.3. The number of esters is 1. The van der Waals surface area contributed by atoms with E-state index >= 15 is 4.39 Å². The second-order valence-electron chi connectivity index (χ2n) is 13.9. The molecule has 0 saturated heterocycles. The van der Waals surface area contributed by atoms with Crippen molar-refractivity contribution >= 4 is 23.6 Å². The summed E-state index contributed by atoms with van der Waals surface area (Å²) in [6.07, 6.45) is -2.08. The van der Waals surface area contributed by atoms with Gasteiger partial charge in [-0.15, -0.1) is 20.2 Å². The third kappa shape index (κ3) is 6.70. The van der Waals surface area contributed by atoms with Gasteiger partial charge in [0.15, 0.2) is 23.7 Å². The molecule has 0 heterocycles. The zero-order valence-corrected chi connectivity index (χ0v) is 28.1. The van der Waals surface area contributed by atoms with Crippen molar-refractivity contribution in [1.82, 2.24) is 5.32 Å². The molecule has 0 spiro atoms. The lowest BCUT2D eigenvalue weighted by atomic mass is 9.45. The van der Waals surface area contributed by atoms with Gasteiger partial charge in [-0.2, -0.15) is 0 Å². The summed E-state index contributed by atoms with van der Waals surface area (Å²) in [7, 11) is 0. The molecular formula is C33H38FN3O15. The monoisotopic (exact) mass is 735 g/mol. The maximum Gasteiger partial charge on any atom is 0.413 e. The van der Waals surface area contributed by atoms with E-state index in [-0.39, 0.29) is 37.2 Å². The lowest BCUT2D eigenvalue weighted by Crippen LogP contribution is -2.69. The second kappa shape index (κ2) is 14.2. The van der Waals surface area contributed by atoms with Crippen molar-refractivity contribution < 1.29 is 68.2 Å². The Bertz CT molecular complexity index is 1720. The van der Waals surface area contributed by atoms with Crippen molar-refractivity contribution in [3.63, 3.8) is 0 Å². The van der Waals surface area contributed by atoms with Gasteiger partial charge in [0.25, 0.3) is 10.2 Å². The summed E-state index contributed by atoms with van der Waals surface area (Å²) in [4.78, 5) is 80.1. The highest BCUT2D eigenvalue weighted by molar-refractivity contribution is 5.94. The van der Waals surface area contributed by atoms with Crippen molar-refractivity contribution in [3.05, 3.63) is 73.9 Å². The van der Waals surface area contributed by atoms with E-state index in [0.29, 0.717) is 11.1 Å². The Morgan fingerprint density at radius 1 is 1.12 bits per heavy atom. The van der Waals surface area contributed by atoms with Gasteiger partial charge >= 0.3 is 12.1 Å². The molecule has 1 aromatic carbocycles. The maximum atomic E-state index is 17.3. The molecule has 0 aliphatic heterocycles. The topological polar surface area (TPSA) is 264 Å². The summed E-state index contributed by atoms with van der Waals surface area (Å²) in [5.41, 5.74) is -6.78. The van der Waals surface area contributed by atoms with Gasteiger partial charge < -0.3 is 39.8 Å². The Kier molecular flexibility index (Phi) is 10.4. The minimum Gasteiger partial charge on any atom is -0.456 e. The van der Waals surface area contributed by atoms with E-state index in [9.17, 15) is 54.7 Å².